The topological polar surface area (TPSA) is 140 Å². The van der Waals surface area contributed by atoms with Gasteiger partial charge in [0.2, 0.25) is 17.7 Å². The Morgan fingerprint density at radius 2 is 1.82 bits per heavy atom. The van der Waals surface area contributed by atoms with Gasteiger partial charge in [-0.05, 0) is 70.3 Å². The zero-order valence-corrected chi connectivity index (χ0v) is 25.5. The normalized spacial score (nSPS) is 13.9. The Morgan fingerprint density at radius 3 is 2.52 bits per heavy atom. The van der Waals surface area contributed by atoms with Crippen LogP contribution in [-0.4, -0.2) is 64.5 Å². The lowest BCUT2D eigenvalue weighted by Gasteiger charge is -2.34. The number of carbonyl (C=O) groups excluding carboxylic acids is 2. The molecule has 44 heavy (non-hydrogen) atoms. The Kier molecular flexibility index (Phi) is 8.72. The summed E-state index contributed by atoms with van der Waals surface area (Å²) in [4.78, 5) is 38.3. The van der Waals surface area contributed by atoms with Crippen molar-refractivity contribution in [1.82, 2.24) is 19.4 Å². The molecule has 2 aromatic heterocycles. The lowest BCUT2D eigenvalue weighted by Crippen LogP contribution is -2.44. The molecule has 0 spiro atoms. The number of ether oxygens (including phenoxy) is 2. The van der Waals surface area contributed by atoms with Crippen LogP contribution in [0.15, 0.2) is 67.4 Å². The molecule has 3 heterocycles. The molecule has 2 aromatic carbocycles. The number of nitrogen functional groups attached to an aromatic ring is 1. The fraction of sp³-hybridized carbons (Fsp3) is 0.312. The van der Waals surface area contributed by atoms with E-state index in [2.05, 4.69) is 39.0 Å². The molecule has 230 valence electrons. The van der Waals surface area contributed by atoms with Gasteiger partial charge < -0.3 is 35.6 Å². The number of nitrogens with one attached hydrogen (secondary N) is 2. The highest BCUT2D eigenvalue weighted by Crippen LogP contribution is 2.33. The molecule has 1 fully saturated rings. The Labute approximate surface area is 256 Å². The van der Waals surface area contributed by atoms with E-state index in [-0.39, 0.29) is 30.4 Å². The van der Waals surface area contributed by atoms with Crippen LogP contribution in [0.5, 0.6) is 11.6 Å². The number of piperazine rings is 1. The number of anilines is 5. The van der Waals surface area contributed by atoms with Gasteiger partial charge in [0, 0.05) is 49.8 Å². The van der Waals surface area contributed by atoms with Gasteiger partial charge >= 0.3 is 5.97 Å². The molecule has 1 aliphatic heterocycles. The Morgan fingerprint density at radius 1 is 1.05 bits per heavy atom. The number of nitrogens with zero attached hydrogens (tertiary/aromatic N) is 5. The fourth-order valence-electron chi connectivity index (χ4n) is 4.66. The highest BCUT2D eigenvalue weighted by atomic mass is 16.5. The minimum Gasteiger partial charge on any atom is -0.443 e. The number of fused-ring (bicyclic) bond motifs is 1. The molecule has 1 amide bonds. The predicted octanol–water partition coefficient (Wildman–Crippen LogP) is 4.97. The molecule has 0 bridgehead atoms. The predicted molar refractivity (Wildman–Crippen MR) is 172 cm³/mol. The van der Waals surface area contributed by atoms with Crippen molar-refractivity contribution < 1.29 is 19.1 Å². The zero-order valence-electron chi connectivity index (χ0n) is 25.5. The van der Waals surface area contributed by atoms with Crippen molar-refractivity contribution in [3.8, 4) is 11.6 Å². The van der Waals surface area contributed by atoms with Gasteiger partial charge in [0.1, 0.15) is 5.75 Å². The molecule has 4 N–H and O–H groups in total. The minimum absolute atomic E-state index is 0.0365. The van der Waals surface area contributed by atoms with Crippen LogP contribution in [0.1, 0.15) is 20.8 Å². The average molecular weight is 599 g/mol. The van der Waals surface area contributed by atoms with E-state index in [0.29, 0.717) is 33.8 Å². The number of aromatic nitrogens is 3. The molecule has 5 rings (SSSR count). The standard InChI is InChI=1S/C32H38N8O4/c1-6-27(41)34-21-8-7-9-23(18-21)44-29-24-12-13-40(20-43-30(42)32(2,3)4)28(24)36-31(37-29)35-22-10-11-26(25(33)19-22)39-16-14-38(5)15-17-39/h6-13,18-19H,1,14-17,20,33H2,2-5H3,(H,34,41)(H,35,36,37). The lowest BCUT2D eigenvalue weighted by molar-refractivity contribution is -0.156. The molecule has 0 unspecified atom stereocenters. The van der Waals surface area contributed by atoms with E-state index >= 15 is 0 Å². The third kappa shape index (κ3) is 7.09. The van der Waals surface area contributed by atoms with Crippen LogP contribution in [0, 0.1) is 5.41 Å². The first-order chi connectivity index (χ1) is 21.0. The number of carbonyl (C=O) groups is 2. The molecular formula is C32H38N8O4. The number of esters is 1. The summed E-state index contributed by atoms with van der Waals surface area (Å²) >= 11 is 0. The second-order valence-corrected chi connectivity index (χ2v) is 11.7. The van der Waals surface area contributed by atoms with Crippen molar-refractivity contribution in [2.24, 2.45) is 5.41 Å². The number of nitrogens with two attached hydrogens (primary N) is 1. The smallest absolute Gasteiger partial charge is 0.312 e. The van der Waals surface area contributed by atoms with Crippen LogP contribution in [0.25, 0.3) is 11.0 Å². The van der Waals surface area contributed by atoms with Crippen molar-refractivity contribution in [2.45, 2.75) is 27.5 Å². The summed E-state index contributed by atoms with van der Waals surface area (Å²) in [5.41, 5.74) is 9.21. The third-order valence-electron chi connectivity index (χ3n) is 7.16. The summed E-state index contributed by atoms with van der Waals surface area (Å²) in [6, 6.07) is 14.5. The van der Waals surface area contributed by atoms with E-state index in [4.69, 9.17) is 20.2 Å². The Hall–Kier alpha value is -5.10. The van der Waals surface area contributed by atoms with Crippen molar-refractivity contribution in [3.63, 3.8) is 0 Å². The number of benzene rings is 2. The van der Waals surface area contributed by atoms with E-state index in [9.17, 15) is 9.59 Å². The van der Waals surface area contributed by atoms with Crippen LogP contribution in [0.3, 0.4) is 0 Å². The maximum Gasteiger partial charge on any atom is 0.312 e. The molecule has 12 nitrogen and oxygen atoms in total. The maximum atomic E-state index is 12.5. The van der Waals surface area contributed by atoms with E-state index < -0.39 is 5.41 Å². The highest BCUT2D eigenvalue weighted by molar-refractivity contribution is 5.99. The summed E-state index contributed by atoms with van der Waals surface area (Å²) in [6.07, 6.45) is 2.95. The quantitative estimate of drug-likeness (QED) is 0.137. The van der Waals surface area contributed by atoms with Crippen LogP contribution < -0.4 is 26.0 Å². The van der Waals surface area contributed by atoms with Gasteiger partial charge in [-0.3, -0.25) is 14.2 Å². The van der Waals surface area contributed by atoms with Crippen LogP contribution in [0.2, 0.25) is 0 Å². The minimum atomic E-state index is -0.652. The number of likely N-dealkylation sites (N-methyl/N-ethyl adjacent to an activating group) is 1. The Bertz CT molecular complexity index is 1690. The fourth-order valence-corrected chi connectivity index (χ4v) is 4.66. The monoisotopic (exact) mass is 598 g/mol. The van der Waals surface area contributed by atoms with E-state index in [1.807, 2.05) is 18.2 Å². The van der Waals surface area contributed by atoms with E-state index in [1.54, 1.807) is 61.9 Å². The second kappa shape index (κ2) is 12.6. The summed E-state index contributed by atoms with van der Waals surface area (Å²) in [6.45, 7) is 12.6. The van der Waals surface area contributed by atoms with Gasteiger partial charge in [-0.2, -0.15) is 9.97 Å². The maximum absolute atomic E-state index is 12.5. The summed E-state index contributed by atoms with van der Waals surface area (Å²) in [5, 5.41) is 6.58. The van der Waals surface area contributed by atoms with Gasteiger partial charge in [-0.15, -0.1) is 0 Å². The molecule has 4 aromatic rings. The van der Waals surface area contributed by atoms with Crippen LogP contribution >= 0.6 is 0 Å². The van der Waals surface area contributed by atoms with E-state index in [0.717, 1.165) is 31.9 Å². The molecule has 0 atom stereocenters. The highest BCUT2D eigenvalue weighted by Gasteiger charge is 2.24. The molecule has 1 saturated heterocycles. The Balaban J connectivity index is 1.46. The average Bonchev–Trinajstić information content (AvgIpc) is 3.39. The van der Waals surface area contributed by atoms with Gasteiger partial charge in [0.15, 0.2) is 12.4 Å². The number of hydrogen-bond donors (Lipinski definition) is 3. The largest absolute Gasteiger partial charge is 0.443 e. The zero-order chi connectivity index (χ0) is 31.4. The number of rotatable bonds is 9. The van der Waals surface area contributed by atoms with Crippen molar-refractivity contribution in [3.05, 3.63) is 67.4 Å². The molecule has 0 radical (unpaired) electrons. The van der Waals surface area contributed by atoms with Gasteiger partial charge in [-0.1, -0.05) is 12.6 Å². The third-order valence-corrected chi connectivity index (χ3v) is 7.16. The van der Waals surface area contributed by atoms with Gasteiger partial charge in [-0.25, -0.2) is 0 Å². The molecule has 12 heteroatoms. The second-order valence-electron chi connectivity index (χ2n) is 11.7. The summed E-state index contributed by atoms with van der Waals surface area (Å²) < 4.78 is 13.5. The van der Waals surface area contributed by atoms with Crippen molar-refractivity contribution in [1.29, 1.82) is 0 Å². The molecule has 1 aliphatic rings. The number of amides is 1. The number of hydrogen-bond acceptors (Lipinski definition) is 10. The first-order valence-electron chi connectivity index (χ1n) is 14.4. The van der Waals surface area contributed by atoms with Crippen LogP contribution in [0.4, 0.5) is 28.7 Å². The molecular weight excluding hydrogens is 560 g/mol. The van der Waals surface area contributed by atoms with Gasteiger partial charge in [0.25, 0.3) is 0 Å². The van der Waals surface area contributed by atoms with E-state index in [1.165, 1.54) is 6.08 Å². The SMILES string of the molecule is C=CC(=O)Nc1cccc(Oc2nc(Nc3ccc(N4CCN(C)CC4)c(N)c3)nc3c2ccn3COC(=O)C(C)(C)C)c1. The van der Waals surface area contributed by atoms with Crippen molar-refractivity contribution in [2.75, 3.05) is 54.5 Å². The molecule has 0 aliphatic carbocycles. The lowest BCUT2D eigenvalue weighted by atomic mass is 9.98. The summed E-state index contributed by atoms with van der Waals surface area (Å²) in [5.74, 6) is 0.311. The van der Waals surface area contributed by atoms with Gasteiger partial charge in [0.05, 0.1) is 22.2 Å². The van der Waals surface area contributed by atoms with Crippen LogP contribution in [-0.2, 0) is 21.1 Å². The van der Waals surface area contributed by atoms with Crippen molar-refractivity contribution >= 4 is 51.6 Å². The first kappa shape index (κ1) is 30.4. The molecule has 0 saturated carbocycles. The summed E-state index contributed by atoms with van der Waals surface area (Å²) in [7, 11) is 2.12. The first-order valence-corrected chi connectivity index (χ1v) is 14.4.